The second-order valence-electron chi connectivity index (χ2n) is 7.79. The first-order valence-electron chi connectivity index (χ1n) is 9.64. The molecule has 3 aliphatic rings. The van der Waals surface area contributed by atoms with Gasteiger partial charge in [-0.1, -0.05) is 0 Å². The first kappa shape index (κ1) is 19.9. The lowest BCUT2D eigenvalue weighted by Crippen LogP contribution is -2.60. The fraction of sp³-hybridized carbons (Fsp3) is 0.833. The van der Waals surface area contributed by atoms with E-state index in [4.69, 9.17) is 9.47 Å². The molecule has 3 rings (SSSR count). The summed E-state index contributed by atoms with van der Waals surface area (Å²) < 4.78 is 11.4. The number of hydrogen-bond donors (Lipinski definition) is 1. The van der Waals surface area contributed by atoms with Gasteiger partial charge < -0.3 is 29.5 Å². The highest BCUT2D eigenvalue weighted by Crippen LogP contribution is 2.31. The zero-order valence-electron chi connectivity index (χ0n) is 16.2. The van der Waals surface area contributed by atoms with Gasteiger partial charge >= 0.3 is 6.03 Å². The van der Waals surface area contributed by atoms with Gasteiger partial charge in [0, 0.05) is 46.9 Å². The Hall–Kier alpha value is -1.87. The number of carbonyl (C=O) groups is 3. The van der Waals surface area contributed by atoms with E-state index in [-0.39, 0.29) is 35.9 Å². The lowest BCUT2D eigenvalue weighted by Gasteiger charge is -2.47. The quantitative estimate of drug-likeness (QED) is 0.712. The molecule has 3 aliphatic heterocycles. The molecule has 1 atom stereocenters. The van der Waals surface area contributed by atoms with E-state index >= 15 is 0 Å². The van der Waals surface area contributed by atoms with Gasteiger partial charge in [0.1, 0.15) is 0 Å². The minimum atomic E-state index is -0.386. The number of nitrogens with one attached hydrogen (secondary N) is 1. The number of likely N-dealkylation sites (tertiary alicyclic amines) is 1. The number of amides is 4. The summed E-state index contributed by atoms with van der Waals surface area (Å²) in [6, 6.07) is -0.283. The number of rotatable bonds is 3. The molecule has 3 fully saturated rings. The molecule has 0 aromatic rings. The van der Waals surface area contributed by atoms with Gasteiger partial charge in [-0.15, -0.1) is 0 Å². The van der Waals surface area contributed by atoms with E-state index in [2.05, 4.69) is 5.32 Å². The Balaban J connectivity index is 1.49. The predicted octanol–water partition coefficient (Wildman–Crippen LogP) is -0.486. The Bertz CT molecular complexity index is 568. The molecule has 0 aromatic heterocycles. The number of hydrogen-bond acceptors (Lipinski definition) is 5. The molecule has 4 amide bonds. The fourth-order valence-corrected chi connectivity index (χ4v) is 3.90. The van der Waals surface area contributed by atoms with Crippen molar-refractivity contribution in [3.8, 4) is 0 Å². The third kappa shape index (κ3) is 4.70. The first-order valence-corrected chi connectivity index (χ1v) is 9.64. The number of morpholine rings is 1. The minimum Gasteiger partial charge on any atom is -0.381 e. The van der Waals surface area contributed by atoms with Crippen LogP contribution in [-0.4, -0.2) is 105 Å². The van der Waals surface area contributed by atoms with Gasteiger partial charge in [0.15, 0.2) is 0 Å². The van der Waals surface area contributed by atoms with Crippen molar-refractivity contribution in [3.63, 3.8) is 0 Å². The summed E-state index contributed by atoms with van der Waals surface area (Å²) in [5, 5.41) is 2.61. The Morgan fingerprint density at radius 3 is 2.48 bits per heavy atom. The zero-order valence-corrected chi connectivity index (χ0v) is 16.2. The van der Waals surface area contributed by atoms with Crippen molar-refractivity contribution in [1.29, 1.82) is 0 Å². The van der Waals surface area contributed by atoms with Crippen LogP contribution in [0.5, 0.6) is 0 Å². The third-order valence-corrected chi connectivity index (χ3v) is 5.66. The summed E-state index contributed by atoms with van der Waals surface area (Å²) in [4.78, 5) is 41.7. The van der Waals surface area contributed by atoms with Gasteiger partial charge in [-0.2, -0.15) is 0 Å². The average molecular weight is 382 g/mol. The summed E-state index contributed by atoms with van der Waals surface area (Å²) in [7, 11) is 3.27. The van der Waals surface area contributed by atoms with Crippen LogP contribution >= 0.6 is 0 Å². The Morgan fingerprint density at radius 1 is 1.11 bits per heavy atom. The van der Waals surface area contributed by atoms with Crippen LogP contribution in [0.4, 0.5) is 4.79 Å². The van der Waals surface area contributed by atoms with E-state index in [1.807, 2.05) is 4.90 Å². The molecule has 3 saturated heterocycles. The van der Waals surface area contributed by atoms with Gasteiger partial charge in [0.05, 0.1) is 31.3 Å². The molecule has 9 heteroatoms. The van der Waals surface area contributed by atoms with Gasteiger partial charge in [-0.3, -0.25) is 9.59 Å². The first-order chi connectivity index (χ1) is 12.9. The van der Waals surface area contributed by atoms with Crippen LogP contribution in [-0.2, 0) is 19.1 Å². The molecule has 1 N–H and O–H groups in total. The number of ether oxygens (including phenoxy) is 2. The van der Waals surface area contributed by atoms with E-state index < -0.39 is 0 Å². The molecule has 152 valence electrons. The van der Waals surface area contributed by atoms with E-state index in [1.54, 1.807) is 19.0 Å². The maximum Gasteiger partial charge on any atom is 0.317 e. The minimum absolute atomic E-state index is 0.00953. The highest BCUT2D eigenvalue weighted by Gasteiger charge is 2.42. The summed E-state index contributed by atoms with van der Waals surface area (Å²) >= 11 is 0. The summed E-state index contributed by atoms with van der Waals surface area (Å²) in [6.07, 6.45) is 2.25. The number of piperidine rings is 1. The SMILES string of the molecule is CN(C)C(=O)NCC(=O)N1CCOC2(CCN(C(=O)C3CCOC3)CC2)C1. The van der Waals surface area contributed by atoms with Crippen molar-refractivity contribution in [1.82, 2.24) is 20.0 Å². The Morgan fingerprint density at radius 2 is 1.85 bits per heavy atom. The van der Waals surface area contributed by atoms with Crippen molar-refractivity contribution in [2.75, 3.05) is 66.6 Å². The normalized spacial score (nSPS) is 24.7. The maximum atomic E-state index is 12.5. The zero-order chi connectivity index (χ0) is 19.4. The Kier molecular flexibility index (Phi) is 6.21. The van der Waals surface area contributed by atoms with Crippen LogP contribution in [0.15, 0.2) is 0 Å². The van der Waals surface area contributed by atoms with Crippen LogP contribution in [0, 0.1) is 5.92 Å². The molecule has 0 aromatic carbocycles. The summed E-state index contributed by atoms with van der Waals surface area (Å²) in [5.41, 5.74) is -0.386. The van der Waals surface area contributed by atoms with Gasteiger partial charge in [-0.05, 0) is 19.3 Å². The van der Waals surface area contributed by atoms with Gasteiger partial charge in [0.2, 0.25) is 11.8 Å². The molecule has 0 aliphatic carbocycles. The molecule has 1 unspecified atom stereocenters. The topological polar surface area (TPSA) is 91.4 Å². The second kappa shape index (κ2) is 8.43. The van der Waals surface area contributed by atoms with Crippen LogP contribution in [0.2, 0.25) is 0 Å². The third-order valence-electron chi connectivity index (χ3n) is 5.66. The molecular formula is C18H30N4O5. The van der Waals surface area contributed by atoms with Crippen LogP contribution < -0.4 is 5.32 Å². The van der Waals surface area contributed by atoms with Crippen LogP contribution in [0.3, 0.4) is 0 Å². The monoisotopic (exact) mass is 382 g/mol. The van der Waals surface area contributed by atoms with E-state index in [0.717, 1.165) is 19.3 Å². The van der Waals surface area contributed by atoms with Crippen molar-refractivity contribution in [3.05, 3.63) is 0 Å². The molecule has 0 bridgehead atoms. The highest BCUT2D eigenvalue weighted by molar-refractivity contribution is 5.84. The highest BCUT2D eigenvalue weighted by atomic mass is 16.5. The Labute approximate surface area is 159 Å². The maximum absolute atomic E-state index is 12.5. The van der Waals surface area contributed by atoms with Crippen molar-refractivity contribution in [2.45, 2.75) is 24.9 Å². The van der Waals surface area contributed by atoms with E-state index in [9.17, 15) is 14.4 Å². The molecule has 0 radical (unpaired) electrons. The molecule has 0 saturated carbocycles. The molecule has 27 heavy (non-hydrogen) atoms. The summed E-state index contributed by atoms with van der Waals surface area (Å²) in [5.74, 6) is 0.0664. The predicted molar refractivity (Wildman–Crippen MR) is 97.1 cm³/mol. The number of nitrogens with zero attached hydrogens (tertiary/aromatic N) is 3. The standard InChI is InChI=1S/C18H30N4O5/c1-20(2)17(25)19-11-15(23)22-8-10-27-18(13-22)4-6-21(7-5-18)16(24)14-3-9-26-12-14/h14H,3-13H2,1-2H3,(H,19,25). The summed E-state index contributed by atoms with van der Waals surface area (Å²) in [6.45, 7) is 4.00. The largest absolute Gasteiger partial charge is 0.381 e. The lowest BCUT2D eigenvalue weighted by atomic mass is 9.88. The van der Waals surface area contributed by atoms with Crippen molar-refractivity contribution >= 4 is 17.8 Å². The van der Waals surface area contributed by atoms with Crippen molar-refractivity contribution < 1.29 is 23.9 Å². The fourth-order valence-electron chi connectivity index (χ4n) is 3.90. The molecular weight excluding hydrogens is 352 g/mol. The van der Waals surface area contributed by atoms with E-state index in [0.29, 0.717) is 46.0 Å². The van der Waals surface area contributed by atoms with Crippen LogP contribution in [0.1, 0.15) is 19.3 Å². The molecule has 1 spiro atoms. The van der Waals surface area contributed by atoms with Gasteiger partial charge in [0.25, 0.3) is 0 Å². The van der Waals surface area contributed by atoms with Crippen LogP contribution in [0.25, 0.3) is 0 Å². The number of urea groups is 1. The van der Waals surface area contributed by atoms with Gasteiger partial charge in [-0.25, -0.2) is 4.79 Å². The average Bonchev–Trinajstić information content (AvgIpc) is 3.20. The van der Waals surface area contributed by atoms with Crippen molar-refractivity contribution in [2.24, 2.45) is 5.92 Å². The number of carbonyl (C=O) groups excluding carboxylic acids is 3. The molecule has 9 nitrogen and oxygen atoms in total. The lowest BCUT2D eigenvalue weighted by molar-refractivity contribution is -0.163. The smallest absolute Gasteiger partial charge is 0.317 e. The second-order valence-corrected chi connectivity index (χ2v) is 7.79. The molecule has 3 heterocycles. The van der Waals surface area contributed by atoms with E-state index in [1.165, 1.54) is 4.90 Å².